The monoisotopic (exact) mass is 532 g/mol. The van der Waals surface area contributed by atoms with Crippen molar-refractivity contribution >= 4 is 57.3 Å². The van der Waals surface area contributed by atoms with Crippen LogP contribution in [0.4, 0.5) is 22.4 Å². The third kappa shape index (κ3) is 5.17. The highest BCUT2D eigenvalue weighted by atomic mass is 16.6. The molecule has 3 aromatic carbocycles. The Balaban J connectivity index is 1.28. The van der Waals surface area contributed by atoms with Gasteiger partial charge >= 0.3 is 6.09 Å². The van der Waals surface area contributed by atoms with Crippen LogP contribution in [0.25, 0.3) is 21.8 Å². The molecule has 0 spiro atoms. The lowest BCUT2D eigenvalue weighted by atomic mass is 10.1. The van der Waals surface area contributed by atoms with Gasteiger partial charge in [0.05, 0.1) is 11.1 Å². The van der Waals surface area contributed by atoms with Gasteiger partial charge in [0.15, 0.2) is 0 Å². The summed E-state index contributed by atoms with van der Waals surface area (Å²) in [6.07, 6.45) is 3.83. The van der Waals surface area contributed by atoms with E-state index < -0.39 is 12.0 Å². The van der Waals surface area contributed by atoms with E-state index in [-0.39, 0.29) is 34.8 Å². The third-order valence-corrected chi connectivity index (χ3v) is 5.88. The summed E-state index contributed by atoms with van der Waals surface area (Å²) in [4.78, 5) is 56.8. The molecule has 6 aromatic rings. The minimum Gasteiger partial charge on any atom is -0.391 e. The molecule has 0 aliphatic heterocycles. The molecule has 3 aromatic heterocycles. The number of H-pyrrole nitrogens is 2. The molecule has 0 aliphatic carbocycles. The van der Waals surface area contributed by atoms with E-state index in [0.717, 1.165) is 10.8 Å². The van der Waals surface area contributed by atoms with Crippen molar-refractivity contribution < 1.29 is 19.1 Å². The molecule has 40 heavy (non-hydrogen) atoms. The first-order valence-corrected chi connectivity index (χ1v) is 12.1. The Morgan fingerprint density at radius 1 is 0.775 bits per heavy atom. The maximum atomic E-state index is 13.2. The van der Waals surface area contributed by atoms with Gasteiger partial charge in [-0.15, -0.1) is 0 Å². The van der Waals surface area contributed by atoms with Crippen molar-refractivity contribution in [3.05, 3.63) is 103 Å². The standard InChI is InChI=1S/C28H20N8O4/c37-24(16-6-2-1-3-7-16)32-19-13-20(25(38)35-26-29-10-11-30-26)23-21(14-19)33-27(34-23)36-28(39)40-22-12-17-8-4-5-9-18(17)15-31-22/h1-15H,(H,32,37)(H2,29,30,35,38)(H2,33,34,36,39). The van der Waals surface area contributed by atoms with Crippen LogP contribution in [0.2, 0.25) is 0 Å². The van der Waals surface area contributed by atoms with Crippen LogP contribution in [-0.4, -0.2) is 42.8 Å². The van der Waals surface area contributed by atoms with E-state index in [1.165, 1.54) is 12.3 Å². The smallest absolute Gasteiger partial charge is 0.391 e. The molecule has 196 valence electrons. The molecule has 12 heteroatoms. The van der Waals surface area contributed by atoms with Gasteiger partial charge in [-0.2, -0.15) is 0 Å². The highest BCUT2D eigenvalue weighted by Gasteiger charge is 2.19. The number of carbonyl (C=O) groups excluding carboxylic acids is 3. The Hall–Kier alpha value is -6.04. The number of pyridine rings is 1. The Morgan fingerprint density at radius 2 is 1.57 bits per heavy atom. The minimum absolute atomic E-state index is 0.0272. The molecule has 0 saturated heterocycles. The number of anilines is 3. The van der Waals surface area contributed by atoms with Crippen LogP contribution >= 0.6 is 0 Å². The first kappa shape index (κ1) is 24.3. The number of hydrogen-bond acceptors (Lipinski definition) is 7. The summed E-state index contributed by atoms with van der Waals surface area (Å²) in [5, 5.41) is 9.73. The zero-order chi connectivity index (χ0) is 27.5. The lowest BCUT2D eigenvalue weighted by Gasteiger charge is -2.09. The second kappa shape index (κ2) is 10.4. The molecule has 3 heterocycles. The molecule has 6 rings (SSSR count). The van der Waals surface area contributed by atoms with E-state index in [9.17, 15) is 14.4 Å². The Bertz CT molecular complexity index is 1870. The molecule has 0 unspecified atom stereocenters. The van der Waals surface area contributed by atoms with Gasteiger partial charge in [-0.3, -0.25) is 20.2 Å². The zero-order valence-corrected chi connectivity index (χ0v) is 20.6. The van der Waals surface area contributed by atoms with Gasteiger partial charge < -0.3 is 20.0 Å². The van der Waals surface area contributed by atoms with E-state index in [2.05, 4.69) is 40.9 Å². The van der Waals surface area contributed by atoms with Crippen LogP contribution in [0.5, 0.6) is 5.88 Å². The number of hydrogen-bond donors (Lipinski definition) is 5. The molecule has 0 radical (unpaired) electrons. The second-order valence-electron chi connectivity index (χ2n) is 8.60. The second-order valence-corrected chi connectivity index (χ2v) is 8.60. The number of aromatic nitrogens is 5. The van der Waals surface area contributed by atoms with Crippen molar-refractivity contribution in [2.45, 2.75) is 0 Å². The van der Waals surface area contributed by atoms with Gasteiger partial charge in [0, 0.05) is 41.3 Å². The van der Waals surface area contributed by atoms with Crippen molar-refractivity contribution in [3.8, 4) is 5.88 Å². The van der Waals surface area contributed by atoms with E-state index in [4.69, 9.17) is 4.74 Å². The number of rotatable bonds is 6. The number of imidazole rings is 2. The van der Waals surface area contributed by atoms with Crippen molar-refractivity contribution in [2.75, 3.05) is 16.0 Å². The summed E-state index contributed by atoms with van der Waals surface area (Å²) in [7, 11) is 0. The van der Waals surface area contributed by atoms with Crippen molar-refractivity contribution in [3.63, 3.8) is 0 Å². The molecule has 3 amide bonds. The number of aromatic amines is 2. The van der Waals surface area contributed by atoms with E-state index in [1.54, 1.807) is 54.9 Å². The molecule has 12 nitrogen and oxygen atoms in total. The molecule has 0 atom stereocenters. The maximum absolute atomic E-state index is 13.2. The highest BCUT2D eigenvalue weighted by molar-refractivity contribution is 6.13. The molecular formula is C28H20N8O4. The predicted molar refractivity (Wildman–Crippen MR) is 148 cm³/mol. The average molecular weight is 533 g/mol. The molecule has 0 fully saturated rings. The van der Waals surface area contributed by atoms with Crippen LogP contribution in [0, 0.1) is 0 Å². The number of nitrogens with zero attached hydrogens (tertiary/aromatic N) is 3. The van der Waals surface area contributed by atoms with Gasteiger partial charge in [0.1, 0.15) is 5.52 Å². The number of benzene rings is 3. The maximum Gasteiger partial charge on any atom is 0.420 e. The molecule has 0 bridgehead atoms. The van der Waals surface area contributed by atoms with Gasteiger partial charge in [-0.05, 0) is 29.7 Å². The van der Waals surface area contributed by atoms with Crippen LogP contribution in [0.1, 0.15) is 20.7 Å². The fraction of sp³-hybridized carbons (Fsp3) is 0. The summed E-state index contributed by atoms with van der Waals surface area (Å²) >= 11 is 0. The first-order chi connectivity index (χ1) is 19.5. The fourth-order valence-electron chi connectivity index (χ4n) is 4.06. The average Bonchev–Trinajstić information content (AvgIpc) is 3.62. The highest BCUT2D eigenvalue weighted by Crippen LogP contribution is 2.26. The van der Waals surface area contributed by atoms with Crippen molar-refractivity contribution in [1.29, 1.82) is 0 Å². The van der Waals surface area contributed by atoms with Gasteiger partial charge in [0.2, 0.25) is 17.8 Å². The SMILES string of the molecule is O=C(Nc1nc2c(C(=O)Nc3ncc[nH]3)cc(NC(=O)c3ccccc3)cc2[nH]1)Oc1cc2ccccc2cn1. The number of fused-ring (bicyclic) bond motifs is 2. The predicted octanol–water partition coefficient (Wildman–Crippen LogP) is 4.95. The number of amides is 3. The largest absolute Gasteiger partial charge is 0.420 e. The summed E-state index contributed by atoms with van der Waals surface area (Å²) < 4.78 is 5.33. The number of ether oxygens (including phenoxy) is 1. The zero-order valence-electron chi connectivity index (χ0n) is 20.6. The van der Waals surface area contributed by atoms with Gasteiger partial charge in [0.25, 0.3) is 11.8 Å². The van der Waals surface area contributed by atoms with Crippen molar-refractivity contribution in [1.82, 2.24) is 24.9 Å². The van der Waals surface area contributed by atoms with E-state index in [1.807, 2.05) is 24.3 Å². The van der Waals surface area contributed by atoms with Crippen molar-refractivity contribution in [2.24, 2.45) is 0 Å². The van der Waals surface area contributed by atoms with Gasteiger partial charge in [-0.1, -0.05) is 42.5 Å². The van der Waals surface area contributed by atoms with E-state index >= 15 is 0 Å². The summed E-state index contributed by atoms with van der Waals surface area (Å²) in [5.74, 6) is -0.522. The minimum atomic E-state index is -0.832. The fourth-order valence-corrected chi connectivity index (χ4v) is 4.06. The Morgan fingerprint density at radius 3 is 2.38 bits per heavy atom. The summed E-state index contributed by atoms with van der Waals surface area (Å²) in [5.41, 5.74) is 1.55. The third-order valence-electron chi connectivity index (χ3n) is 5.88. The topological polar surface area (TPSA) is 167 Å². The summed E-state index contributed by atoms with van der Waals surface area (Å²) in [6.45, 7) is 0. The lowest BCUT2D eigenvalue weighted by Crippen LogP contribution is -2.18. The lowest BCUT2D eigenvalue weighted by molar-refractivity contribution is 0.101. The van der Waals surface area contributed by atoms with Crippen LogP contribution < -0.4 is 20.7 Å². The normalized spacial score (nSPS) is 10.8. The quantitative estimate of drug-likeness (QED) is 0.202. The summed E-state index contributed by atoms with van der Waals surface area (Å²) in [6, 6.07) is 20.9. The van der Waals surface area contributed by atoms with E-state index in [0.29, 0.717) is 16.8 Å². The van der Waals surface area contributed by atoms with Crippen LogP contribution in [-0.2, 0) is 0 Å². The van der Waals surface area contributed by atoms with Gasteiger partial charge in [-0.25, -0.2) is 19.7 Å². The molecule has 0 aliphatic rings. The molecular weight excluding hydrogens is 512 g/mol. The Kier molecular flexibility index (Phi) is 6.31. The first-order valence-electron chi connectivity index (χ1n) is 12.1. The number of nitrogens with one attached hydrogen (secondary N) is 5. The van der Waals surface area contributed by atoms with Crippen LogP contribution in [0.3, 0.4) is 0 Å². The van der Waals surface area contributed by atoms with Crippen LogP contribution in [0.15, 0.2) is 91.4 Å². The molecule has 5 N–H and O–H groups in total. The number of carbonyl (C=O) groups is 3. The Labute approximate surface area is 225 Å². The molecule has 0 saturated carbocycles.